The fourth-order valence-corrected chi connectivity index (χ4v) is 1.70. The summed E-state index contributed by atoms with van der Waals surface area (Å²) in [6.07, 6.45) is 1.65. The Bertz CT molecular complexity index is 602. The smallest absolute Gasteiger partial charge is 0.232 e. The lowest BCUT2D eigenvalue weighted by Gasteiger charge is -2.10. The summed E-state index contributed by atoms with van der Waals surface area (Å²) in [5.41, 5.74) is -0.156. The molecule has 0 aliphatic carbocycles. The predicted octanol–water partition coefficient (Wildman–Crippen LogP) is 2.83. The van der Waals surface area contributed by atoms with Crippen LogP contribution in [0, 0.1) is 0 Å². The molecular weight excluding hydrogens is 409 g/mol. The molecule has 2 aromatic rings. The predicted molar refractivity (Wildman–Crippen MR) is 98.8 cm³/mol. The molecule has 2 aromatic heterocycles. The number of aliphatic imine (C=N–C) groups is 1. The molecule has 0 amide bonds. The first-order chi connectivity index (χ1) is 10.5. The van der Waals surface area contributed by atoms with Crippen molar-refractivity contribution in [1.29, 1.82) is 0 Å². The van der Waals surface area contributed by atoms with Crippen molar-refractivity contribution in [3.05, 3.63) is 35.9 Å². The van der Waals surface area contributed by atoms with Crippen molar-refractivity contribution >= 4 is 29.9 Å². The standard InChI is InChI=1S/C15H23N5O2.HI/c1-5-16-14(17-9-11-7-6-8-21-11)18-10-12-19-13(22-20-12)15(2,3)4;/h6-8H,5,9-10H2,1-4H3,(H2,16,17,18);1H. The summed E-state index contributed by atoms with van der Waals surface area (Å²) >= 11 is 0. The number of aromatic nitrogens is 2. The van der Waals surface area contributed by atoms with Crippen molar-refractivity contribution in [2.24, 2.45) is 4.99 Å². The average Bonchev–Trinajstić information content (AvgIpc) is 3.12. The van der Waals surface area contributed by atoms with Gasteiger partial charge in [0.2, 0.25) is 5.89 Å². The van der Waals surface area contributed by atoms with Crippen LogP contribution in [-0.2, 0) is 18.5 Å². The summed E-state index contributed by atoms with van der Waals surface area (Å²) in [6, 6.07) is 3.76. The van der Waals surface area contributed by atoms with Gasteiger partial charge in [-0.3, -0.25) is 0 Å². The van der Waals surface area contributed by atoms with Gasteiger partial charge in [-0.05, 0) is 19.1 Å². The number of rotatable bonds is 5. The quantitative estimate of drug-likeness (QED) is 0.429. The summed E-state index contributed by atoms with van der Waals surface area (Å²) in [7, 11) is 0. The topological polar surface area (TPSA) is 88.5 Å². The van der Waals surface area contributed by atoms with E-state index < -0.39 is 0 Å². The van der Waals surface area contributed by atoms with E-state index in [9.17, 15) is 0 Å². The van der Waals surface area contributed by atoms with E-state index in [4.69, 9.17) is 8.94 Å². The van der Waals surface area contributed by atoms with Crippen LogP contribution in [0.1, 0.15) is 45.2 Å². The van der Waals surface area contributed by atoms with E-state index >= 15 is 0 Å². The van der Waals surface area contributed by atoms with E-state index in [-0.39, 0.29) is 29.4 Å². The van der Waals surface area contributed by atoms with Gasteiger partial charge in [0.05, 0.1) is 12.8 Å². The molecule has 0 aromatic carbocycles. The second kappa shape index (κ2) is 8.90. The van der Waals surface area contributed by atoms with Crippen molar-refractivity contribution in [2.75, 3.05) is 6.54 Å². The highest BCUT2D eigenvalue weighted by Crippen LogP contribution is 2.19. The molecule has 0 saturated heterocycles. The van der Waals surface area contributed by atoms with Crippen molar-refractivity contribution < 1.29 is 8.94 Å². The number of furan rings is 1. The maximum atomic E-state index is 5.28. The first-order valence-electron chi connectivity index (χ1n) is 7.36. The van der Waals surface area contributed by atoms with Crippen LogP contribution in [0.25, 0.3) is 0 Å². The molecule has 23 heavy (non-hydrogen) atoms. The number of halogens is 1. The SMILES string of the molecule is CCNC(=NCc1noc(C(C)(C)C)n1)NCc1ccco1.I. The minimum Gasteiger partial charge on any atom is -0.467 e. The van der Waals surface area contributed by atoms with E-state index in [0.29, 0.717) is 30.8 Å². The molecule has 7 nitrogen and oxygen atoms in total. The van der Waals surface area contributed by atoms with Gasteiger partial charge >= 0.3 is 0 Å². The van der Waals surface area contributed by atoms with E-state index in [1.54, 1.807) is 6.26 Å². The Morgan fingerprint density at radius 3 is 2.65 bits per heavy atom. The molecule has 2 heterocycles. The van der Waals surface area contributed by atoms with Gasteiger partial charge in [0, 0.05) is 12.0 Å². The van der Waals surface area contributed by atoms with E-state index in [1.165, 1.54) is 0 Å². The van der Waals surface area contributed by atoms with Crippen molar-refractivity contribution in [3.63, 3.8) is 0 Å². The van der Waals surface area contributed by atoms with Crippen LogP contribution in [0.2, 0.25) is 0 Å². The molecule has 0 fully saturated rings. The molecule has 0 aliphatic heterocycles. The zero-order valence-electron chi connectivity index (χ0n) is 13.9. The fraction of sp³-hybridized carbons (Fsp3) is 0.533. The molecule has 0 unspecified atom stereocenters. The third kappa shape index (κ3) is 6.20. The molecule has 0 saturated carbocycles. The van der Waals surface area contributed by atoms with Crippen LogP contribution in [-0.4, -0.2) is 22.6 Å². The summed E-state index contributed by atoms with van der Waals surface area (Å²) in [5, 5.41) is 10.3. The molecule has 2 N–H and O–H groups in total. The molecule has 2 rings (SSSR count). The zero-order valence-corrected chi connectivity index (χ0v) is 16.3. The molecular formula is C15H24IN5O2. The largest absolute Gasteiger partial charge is 0.467 e. The number of nitrogens with zero attached hydrogens (tertiary/aromatic N) is 3. The third-order valence-electron chi connectivity index (χ3n) is 2.84. The number of nitrogens with one attached hydrogen (secondary N) is 2. The Morgan fingerprint density at radius 1 is 1.30 bits per heavy atom. The lowest BCUT2D eigenvalue weighted by molar-refractivity contribution is 0.318. The Labute approximate surface area is 153 Å². The van der Waals surface area contributed by atoms with Gasteiger partial charge in [0.25, 0.3) is 0 Å². The molecule has 0 aliphatic rings. The van der Waals surface area contributed by atoms with Crippen LogP contribution in [0.5, 0.6) is 0 Å². The highest BCUT2D eigenvalue weighted by atomic mass is 127. The van der Waals surface area contributed by atoms with Crippen LogP contribution >= 0.6 is 24.0 Å². The Balaban J connectivity index is 0.00000264. The van der Waals surface area contributed by atoms with Crippen molar-refractivity contribution in [2.45, 2.75) is 46.2 Å². The van der Waals surface area contributed by atoms with Gasteiger partial charge in [-0.25, -0.2) is 4.99 Å². The minimum atomic E-state index is -0.156. The monoisotopic (exact) mass is 433 g/mol. The first kappa shape index (κ1) is 19.5. The normalized spacial score (nSPS) is 11.9. The zero-order chi connectivity index (χ0) is 16.0. The van der Waals surface area contributed by atoms with Gasteiger partial charge in [-0.2, -0.15) is 4.98 Å². The fourth-order valence-electron chi connectivity index (χ4n) is 1.70. The van der Waals surface area contributed by atoms with E-state index in [0.717, 1.165) is 12.3 Å². The second-order valence-electron chi connectivity index (χ2n) is 5.89. The molecule has 0 atom stereocenters. The maximum Gasteiger partial charge on any atom is 0.232 e. The molecule has 0 spiro atoms. The maximum absolute atomic E-state index is 5.28. The average molecular weight is 433 g/mol. The van der Waals surface area contributed by atoms with Crippen LogP contribution in [0.15, 0.2) is 32.3 Å². The lowest BCUT2D eigenvalue weighted by atomic mass is 9.97. The number of hydrogen-bond acceptors (Lipinski definition) is 5. The summed E-state index contributed by atoms with van der Waals surface area (Å²) in [4.78, 5) is 8.81. The Hall–Kier alpha value is -1.58. The minimum absolute atomic E-state index is 0. The van der Waals surface area contributed by atoms with Gasteiger partial charge in [-0.1, -0.05) is 25.9 Å². The first-order valence-corrected chi connectivity index (χ1v) is 7.36. The van der Waals surface area contributed by atoms with Crippen LogP contribution in [0.3, 0.4) is 0 Å². The van der Waals surface area contributed by atoms with Crippen molar-refractivity contribution in [3.8, 4) is 0 Å². The van der Waals surface area contributed by atoms with Gasteiger partial charge in [-0.15, -0.1) is 24.0 Å². The molecule has 128 valence electrons. The van der Waals surface area contributed by atoms with Crippen LogP contribution < -0.4 is 10.6 Å². The second-order valence-corrected chi connectivity index (χ2v) is 5.89. The Kier molecular flexibility index (Phi) is 7.53. The number of hydrogen-bond donors (Lipinski definition) is 2. The highest BCUT2D eigenvalue weighted by molar-refractivity contribution is 14.0. The van der Waals surface area contributed by atoms with Gasteiger partial charge in [0.15, 0.2) is 11.8 Å². The van der Waals surface area contributed by atoms with E-state index in [1.807, 2.05) is 39.8 Å². The summed E-state index contributed by atoms with van der Waals surface area (Å²) in [6.45, 7) is 9.79. The molecule has 0 radical (unpaired) electrons. The highest BCUT2D eigenvalue weighted by Gasteiger charge is 2.21. The van der Waals surface area contributed by atoms with Gasteiger partial charge in [0.1, 0.15) is 12.3 Å². The lowest BCUT2D eigenvalue weighted by Crippen LogP contribution is -2.36. The van der Waals surface area contributed by atoms with E-state index in [2.05, 4.69) is 25.8 Å². The van der Waals surface area contributed by atoms with Crippen molar-refractivity contribution in [1.82, 2.24) is 20.8 Å². The number of guanidine groups is 1. The summed E-state index contributed by atoms with van der Waals surface area (Å²) in [5.74, 6) is 2.72. The Morgan fingerprint density at radius 2 is 2.09 bits per heavy atom. The molecule has 8 heteroatoms. The van der Waals surface area contributed by atoms with Crippen LogP contribution in [0.4, 0.5) is 0 Å². The third-order valence-corrected chi connectivity index (χ3v) is 2.84. The summed E-state index contributed by atoms with van der Waals surface area (Å²) < 4.78 is 10.5. The molecule has 0 bridgehead atoms. The van der Waals surface area contributed by atoms with Gasteiger partial charge < -0.3 is 19.6 Å².